The van der Waals surface area contributed by atoms with Crippen LogP contribution < -0.4 is 0 Å². The molecule has 0 saturated heterocycles. The van der Waals surface area contributed by atoms with Crippen molar-refractivity contribution in [3.63, 3.8) is 0 Å². The topological polar surface area (TPSA) is 0 Å². The lowest BCUT2D eigenvalue weighted by Crippen LogP contribution is -2.19. The van der Waals surface area contributed by atoms with Gasteiger partial charge >= 0.3 is 0 Å². The zero-order valence-electron chi connectivity index (χ0n) is 37.3. The van der Waals surface area contributed by atoms with E-state index in [-0.39, 0.29) is 10.8 Å². The van der Waals surface area contributed by atoms with Crippen molar-refractivity contribution in [3.05, 3.63) is 204 Å². The molecule has 12 rings (SSSR count). The fourth-order valence-corrected chi connectivity index (χ4v) is 11.1. The summed E-state index contributed by atoms with van der Waals surface area (Å²) in [5, 5.41) is 10.3. The second-order valence-electron chi connectivity index (χ2n) is 17.6. The molecule has 2 aliphatic rings. The molecule has 0 nitrogen and oxygen atoms in total. The average molecular weight is 799 g/mol. The van der Waals surface area contributed by atoms with E-state index in [9.17, 15) is 0 Å². The highest BCUT2D eigenvalue weighted by molar-refractivity contribution is 6.32. The smallest absolute Gasteiger partial charge is 0.0162 e. The number of benzene rings is 10. The van der Waals surface area contributed by atoms with Crippen molar-refractivity contribution in [2.75, 3.05) is 0 Å². The average Bonchev–Trinajstić information content (AvgIpc) is 3.73. The van der Waals surface area contributed by atoms with Gasteiger partial charge in [0.25, 0.3) is 0 Å². The monoisotopic (exact) mass is 798 g/mol. The van der Waals surface area contributed by atoms with Gasteiger partial charge < -0.3 is 0 Å². The minimum absolute atomic E-state index is 0.0529. The van der Waals surface area contributed by atoms with Crippen molar-refractivity contribution in [2.45, 2.75) is 66.2 Å². The summed E-state index contributed by atoms with van der Waals surface area (Å²) in [6.07, 6.45) is 0. The molecule has 0 saturated carbocycles. The summed E-state index contributed by atoms with van der Waals surface area (Å²) < 4.78 is 0. The van der Waals surface area contributed by atoms with Gasteiger partial charge in [0.15, 0.2) is 0 Å². The maximum atomic E-state index is 2.53. The molecule has 0 aromatic heterocycles. The van der Waals surface area contributed by atoms with Crippen molar-refractivity contribution in [1.82, 2.24) is 0 Å². The van der Waals surface area contributed by atoms with Crippen LogP contribution in [-0.2, 0) is 10.8 Å². The highest BCUT2D eigenvalue weighted by Gasteiger charge is 2.49. The molecule has 0 bridgehead atoms. The predicted octanol–water partition coefficient (Wildman–Crippen LogP) is 18.0. The fourth-order valence-electron chi connectivity index (χ4n) is 11.1. The van der Waals surface area contributed by atoms with Crippen LogP contribution >= 0.6 is 0 Å². The quantitative estimate of drug-likeness (QED) is 0.156. The van der Waals surface area contributed by atoms with Crippen molar-refractivity contribution in [3.8, 4) is 44.5 Å². The third-order valence-corrected chi connectivity index (χ3v) is 13.8. The van der Waals surface area contributed by atoms with Crippen molar-refractivity contribution in [2.24, 2.45) is 0 Å². The first kappa shape index (κ1) is 39.4. The standard InChI is InChI=1S/C58H42.2C2H6/c1-57(2)51-22-14-13-21-45(51)55-56(57)46-26-25-40(32-52(46)58(55,3)4)50-34-48(37-18-9-6-10-19-37)42-27-29-43-49(39-24-23-35-15-11-12-20-38(35)31-39)33-47(36-16-7-5-8-17-36)41-28-30-44(50)54(42)53(41)43;2*1-2/h5-34H,1-4H3;2*1-2H3. The molecule has 10 aromatic rings. The lowest BCUT2D eigenvalue weighted by molar-refractivity contribution is 0.694. The van der Waals surface area contributed by atoms with Crippen LogP contribution in [0.3, 0.4) is 0 Å². The number of allylic oxidation sites excluding steroid dienone is 2. The largest absolute Gasteiger partial charge is 0.0683 e. The van der Waals surface area contributed by atoms with Gasteiger partial charge in [-0.3, -0.25) is 0 Å². The highest BCUT2D eigenvalue weighted by Crippen LogP contribution is 2.63. The van der Waals surface area contributed by atoms with Crippen molar-refractivity contribution >= 4 is 54.2 Å². The molecular formula is C62H54. The van der Waals surface area contributed by atoms with Gasteiger partial charge in [0.05, 0.1) is 0 Å². The van der Waals surface area contributed by atoms with Crippen LogP contribution in [0.1, 0.15) is 77.6 Å². The molecule has 0 heterocycles. The van der Waals surface area contributed by atoms with E-state index in [2.05, 4.69) is 210 Å². The van der Waals surface area contributed by atoms with E-state index in [0.717, 1.165) is 0 Å². The Balaban J connectivity index is 0.00000112. The predicted molar refractivity (Wildman–Crippen MR) is 271 cm³/mol. The zero-order valence-corrected chi connectivity index (χ0v) is 37.3. The summed E-state index contributed by atoms with van der Waals surface area (Å²) in [4.78, 5) is 0. The number of hydrogen-bond donors (Lipinski definition) is 0. The van der Waals surface area contributed by atoms with E-state index in [4.69, 9.17) is 0 Å². The first-order valence-electron chi connectivity index (χ1n) is 22.7. The van der Waals surface area contributed by atoms with Gasteiger partial charge in [-0.05, 0) is 145 Å². The Hall–Kier alpha value is -6.76. The normalized spacial score (nSPS) is 14.3. The molecule has 0 N–H and O–H groups in total. The van der Waals surface area contributed by atoms with Crippen LogP contribution in [0.15, 0.2) is 182 Å². The Bertz CT molecular complexity index is 3360. The number of rotatable bonds is 4. The Kier molecular flexibility index (Phi) is 9.53. The molecule has 62 heavy (non-hydrogen) atoms. The molecular weight excluding hydrogens is 745 g/mol. The van der Waals surface area contributed by atoms with Crippen LogP contribution in [0.2, 0.25) is 0 Å². The molecule has 0 fully saturated rings. The molecule has 302 valence electrons. The summed E-state index contributed by atoms with van der Waals surface area (Å²) in [6.45, 7) is 17.7. The lowest BCUT2D eigenvalue weighted by Gasteiger charge is -2.28. The fraction of sp³-hybridized carbons (Fsp3) is 0.161. The Morgan fingerprint density at radius 1 is 0.274 bits per heavy atom. The summed E-state index contributed by atoms with van der Waals surface area (Å²) in [6, 6.07) is 68.6. The van der Waals surface area contributed by atoms with Crippen LogP contribution in [0.5, 0.6) is 0 Å². The Morgan fingerprint density at radius 2 is 0.677 bits per heavy atom. The van der Waals surface area contributed by atoms with E-state index >= 15 is 0 Å². The second kappa shape index (κ2) is 15.0. The molecule has 0 spiro atoms. The molecule has 10 aromatic carbocycles. The molecule has 0 atom stereocenters. The Morgan fingerprint density at radius 3 is 1.23 bits per heavy atom. The minimum Gasteiger partial charge on any atom is -0.0683 e. The molecule has 0 unspecified atom stereocenters. The van der Waals surface area contributed by atoms with Crippen LogP contribution in [0.25, 0.3) is 98.7 Å². The number of fused-ring (bicyclic) bond motifs is 5. The minimum atomic E-state index is -0.129. The van der Waals surface area contributed by atoms with Gasteiger partial charge in [-0.15, -0.1) is 0 Å². The maximum absolute atomic E-state index is 2.53. The highest BCUT2D eigenvalue weighted by atomic mass is 14.5. The molecule has 0 aliphatic heterocycles. The summed E-state index contributed by atoms with van der Waals surface area (Å²) >= 11 is 0. The van der Waals surface area contributed by atoms with Crippen LogP contribution in [0, 0.1) is 0 Å². The number of hydrogen-bond acceptors (Lipinski definition) is 0. The van der Waals surface area contributed by atoms with E-state index < -0.39 is 0 Å². The van der Waals surface area contributed by atoms with Crippen molar-refractivity contribution < 1.29 is 0 Å². The summed E-state index contributed by atoms with van der Waals surface area (Å²) in [5.74, 6) is 0. The molecule has 0 amide bonds. The van der Waals surface area contributed by atoms with E-state index in [0.29, 0.717) is 0 Å². The van der Waals surface area contributed by atoms with Crippen molar-refractivity contribution in [1.29, 1.82) is 0 Å². The maximum Gasteiger partial charge on any atom is 0.0162 e. The third kappa shape index (κ3) is 5.73. The van der Waals surface area contributed by atoms with Gasteiger partial charge in [0.2, 0.25) is 0 Å². The summed E-state index contributed by atoms with van der Waals surface area (Å²) in [5.41, 5.74) is 18.6. The third-order valence-electron chi connectivity index (χ3n) is 13.8. The zero-order chi connectivity index (χ0) is 42.9. The second-order valence-corrected chi connectivity index (χ2v) is 17.6. The molecule has 0 radical (unpaired) electrons. The first-order chi connectivity index (χ1) is 30.3. The van der Waals surface area contributed by atoms with Gasteiger partial charge in [-0.25, -0.2) is 0 Å². The molecule has 2 aliphatic carbocycles. The van der Waals surface area contributed by atoms with Crippen LogP contribution in [0.4, 0.5) is 0 Å². The first-order valence-corrected chi connectivity index (χ1v) is 22.7. The van der Waals surface area contributed by atoms with E-state index in [1.54, 1.807) is 0 Å². The van der Waals surface area contributed by atoms with Crippen LogP contribution in [-0.4, -0.2) is 0 Å². The van der Waals surface area contributed by atoms with Gasteiger partial charge in [-0.2, -0.15) is 0 Å². The lowest BCUT2D eigenvalue weighted by atomic mass is 9.75. The molecule has 0 heteroatoms. The SMILES string of the molecule is CC.CC.CC1(C)C2=C(c3ccccc31)C(C)(C)c1cc(-c3cc(-c4ccccc4)c4ccc5c(-c6ccc7ccccc7c6)cc(-c6ccccc6)c6ccc3c4c65)ccc12. The van der Waals surface area contributed by atoms with E-state index in [1.807, 2.05) is 27.7 Å². The summed E-state index contributed by atoms with van der Waals surface area (Å²) in [7, 11) is 0. The van der Waals surface area contributed by atoms with Gasteiger partial charge in [0.1, 0.15) is 0 Å². The Labute approximate surface area is 367 Å². The van der Waals surface area contributed by atoms with Gasteiger partial charge in [-0.1, -0.05) is 213 Å². The van der Waals surface area contributed by atoms with Gasteiger partial charge in [0, 0.05) is 10.8 Å². The van der Waals surface area contributed by atoms with E-state index in [1.165, 1.54) is 121 Å².